The summed E-state index contributed by atoms with van der Waals surface area (Å²) in [6, 6.07) is 13.4. The highest BCUT2D eigenvalue weighted by Gasteiger charge is 2.48. The highest BCUT2D eigenvalue weighted by atomic mass is 19.1. The summed E-state index contributed by atoms with van der Waals surface area (Å²) in [6.07, 6.45) is 3.07. The van der Waals surface area contributed by atoms with E-state index in [0.29, 0.717) is 6.61 Å². The fourth-order valence-electron chi connectivity index (χ4n) is 3.64. The van der Waals surface area contributed by atoms with Crippen LogP contribution in [0.4, 0.5) is 4.39 Å². The first-order valence-electron chi connectivity index (χ1n) is 8.40. The molecule has 0 bridgehead atoms. The molecule has 0 unspecified atom stereocenters. The van der Waals surface area contributed by atoms with Gasteiger partial charge in [-0.05, 0) is 17.7 Å². The normalized spacial score (nSPS) is 23.0. The second-order valence-corrected chi connectivity index (χ2v) is 6.69. The van der Waals surface area contributed by atoms with Crippen molar-refractivity contribution >= 4 is 0 Å². The maximum absolute atomic E-state index is 13.7. The largest absolute Gasteiger partial charge is 0.472 e. The van der Waals surface area contributed by atoms with E-state index in [4.69, 9.17) is 9.47 Å². The zero-order valence-corrected chi connectivity index (χ0v) is 13.5. The second kappa shape index (κ2) is 6.49. The number of hydrogen-bond donors (Lipinski definition) is 0. The van der Waals surface area contributed by atoms with E-state index in [2.05, 4.69) is 34.1 Å². The number of pyridine rings is 1. The minimum Gasteiger partial charge on any atom is -0.472 e. The Balaban J connectivity index is 1.34. The monoisotopic (exact) mass is 328 g/mol. The van der Waals surface area contributed by atoms with Crippen molar-refractivity contribution in [2.75, 3.05) is 19.7 Å². The number of nitrogens with zero attached hydrogens (tertiary/aromatic N) is 2. The summed E-state index contributed by atoms with van der Waals surface area (Å²) in [5.74, 6) is -0.308. The zero-order valence-electron chi connectivity index (χ0n) is 13.5. The molecule has 0 N–H and O–H groups in total. The lowest BCUT2D eigenvalue weighted by molar-refractivity contribution is -0.188. The van der Waals surface area contributed by atoms with Gasteiger partial charge < -0.3 is 9.47 Å². The van der Waals surface area contributed by atoms with Gasteiger partial charge in [0.1, 0.15) is 6.10 Å². The summed E-state index contributed by atoms with van der Waals surface area (Å²) in [7, 11) is 0. The molecule has 0 amide bonds. The Kier molecular flexibility index (Phi) is 4.21. The van der Waals surface area contributed by atoms with Crippen LogP contribution < -0.4 is 4.74 Å². The smallest absolute Gasteiger partial charge is 0.250 e. The highest BCUT2D eigenvalue weighted by Crippen LogP contribution is 2.36. The van der Waals surface area contributed by atoms with E-state index in [0.717, 1.165) is 32.5 Å². The molecule has 1 aromatic heterocycles. The molecule has 3 heterocycles. The molecule has 24 heavy (non-hydrogen) atoms. The zero-order chi connectivity index (χ0) is 16.4. The molecule has 2 aliphatic heterocycles. The van der Waals surface area contributed by atoms with E-state index in [1.54, 1.807) is 12.3 Å². The van der Waals surface area contributed by atoms with Crippen molar-refractivity contribution < 1.29 is 13.9 Å². The third-order valence-electron chi connectivity index (χ3n) is 4.72. The Labute approximate surface area is 141 Å². The molecule has 126 valence electrons. The second-order valence-electron chi connectivity index (χ2n) is 6.69. The summed E-state index contributed by atoms with van der Waals surface area (Å²) < 4.78 is 25.5. The summed E-state index contributed by atoms with van der Waals surface area (Å²) in [6.45, 7) is 3.38. The summed E-state index contributed by atoms with van der Waals surface area (Å²) >= 11 is 0. The van der Waals surface area contributed by atoms with Crippen molar-refractivity contribution in [1.29, 1.82) is 0 Å². The summed E-state index contributed by atoms with van der Waals surface area (Å²) in [5.41, 5.74) is 1.16. The first-order valence-corrected chi connectivity index (χ1v) is 8.40. The van der Waals surface area contributed by atoms with Gasteiger partial charge in [-0.15, -0.1) is 0 Å². The van der Waals surface area contributed by atoms with Gasteiger partial charge >= 0.3 is 0 Å². The molecular weight excluding hydrogens is 307 g/mol. The SMILES string of the molecule is Fc1cccnc1O[C@@H]1CCOC2(C1)CN(Cc1ccccc1)C2. The number of hydrogen-bond acceptors (Lipinski definition) is 4. The van der Waals surface area contributed by atoms with Gasteiger partial charge in [-0.25, -0.2) is 9.37 Å². The van der Waals surface area contributed by atoms with Crippen LogP contribution in [0.5, 0.6) is 5.88 Å². The van der Waals surface area contributed by atoms with Crippen LogP contribution in [-0.2, 0) is 11.3 Å². The molecule has 4 nitrogen and oxygen atoms in total. The maximum atomic E-state index is 13.7. The van der Waals surface area contributed by atoms with E-state index in [9.17, 15) is 4.39 Å². The molecule has 2 saturated heterocycles. The molecule has 1 aromatic carbocycles. The molecular formula is C19H21FN2O2. The van der Waals surface area contributed by atoms with Crippen LogP contribution in [0.2, 0.25) is 0 Å². The number of likely N-dealkylation sites (tertiary alicyclic amines) is 1. The topological polar surface area (TPSA) is 34.6 Å². The van der Waals surface area contributed by atoms with Crippen LogP contribution in [0.1, 0.15) is 18.4 Å². The lowest BCUT2D eigenvalue weighted by Gasteiger charge is -2.53. The van der Waals surface area contributed by atoms with Gasteiger partial charge in [0, 0.05) is 38.7 Å². The standard InChI is InChI=1S/C19H21FN2O2/c20-17-7-4-9-21-18(17)24-16-8-10-23-19(11-16)13-22(14-19)12-15-5-2-1-3-6-15/h1-7,9,16H,8,10-14H2/t16-/m1/s1. The van der Waals surface area contributed by atoms with Crippen LogP contribution >= 0.6 is 0 Å². The van der Waals surface area contributed by atoms with Crippen LogP contribution in [0.3, 0.4) is 0 Å². The average Bonchev–Trinajstić information content (AvgIpc) is 2.57. The summed E-state index contributed by atoms with van der Waals surface area (Å²) in [4.78, 5) is 6.36. The molecule has 2 aromatic rings. The van der Waals surface area contributed by atoms with Gasteiger partial charge in [-0.2, -0.15) is 0 Å². The van der Waals surface area contributed by atoms with Gasteiger partial charge in [-0.1, -0.05) is 30.3 Å². The van der Waals surface area contributed by atoms with E-state index < -0.39 is 5.82 Å². The Morgan fingerprint density at radius 1 is 1.21 bits per heavy atom. The van der Waals surface area contributed by atoms with Crippen molar-refractivity contribution in [3.05, 3.63) is 60.0 Å². The molecule has 1 atom stereocenters. The molecule has 0 aliphatic carbocycles. The Bertz CT molecular complexity index is 689. The number of halogens is 1. The van der Waals surface area contributed by atoms with E-state index in [1.165, 1.54) is 11.6 Å². The van der Waals surface area contributed by atoms with Gasteiger partial charge in [-0.3, -0.25) is 4.90 Å². The number of aromatic nitrogens is 1. The van der Waals surface area contributed by atoms with Crippen molar-refractivity contribution in [3.8, 4) is 5.88 Å². The molecule has 2 fully saturated rings. The fourth-order valence-corrected chi connectivity index (χ4v) is 3.64. The average molecular weight is 328 g/mol. The van der Waals surface area contributed by atoms with Crippen LogP contribution in [0, 0.1) is 5.82 Å². The summed E-state index contributed by atoms with van der Waals surface area (Å²) in [5, 5.41) is 0. The lowest BCUT2D eigenvalue weighted by Crippen LogP contribution is -2.65. The van der Waals surface area contributed by atoms with E-state index in [-0.39, 0.29) is 17.6 Å². The lowest BCUT2D eigenvalue weighted by atomic mass is 9.84. The third kappa shape index (κ3) is 3.28. The molecule has 4 rings (SSSR count). The molecule has 0 radical (unpaired) electrons. The number of rotatable bonds is 4. The highest BCUT2D eigenvalue weighted by molar-refractivity contribution is 5.17. The number of ether oxygens (including phenoxy) is 2. The molecule has 5 heteroatoms. The Hall–Kier alpha value is -1.98. The predicted octanol–water partition coefficient (Wildman–Crippen LogP) is 3.03. The first kappa shape index (κ1) is 15.5. The molecule has 2 aliphatic rings. The quantitative estimate of drug-likeness (QED) is 0.864. The van der Waals surface area contributed by atoms with E-state index >= 15 is 0 Å². The van der Waals surface area contributed by atoms with Gasteiger partial charge in [0.05, 0.1) is 12.2 Å². The minimum atomic E-state index is -0.405. The third-order valence-corrected chi connectivity index (χ3v) is 4.72. The van der Waals surface area contributed by atoms with Crippen molar-refractivity contribution in [2.24, 2.45) is 0 Å². The van der Waals surface area contributed by atoms with Gasteiger partial charge in [0.25, 0.3) is 5.88 Å². The molecule has 0 saturated carbocycles. The van der Waals surface area contributed by atoms with Crippen LogP contribution in [0.25, 0.3) is 0 Å². The Morgan fingerprint density at radius 3 is 2.83 bits per heavy atom. The van der Waals surface area contributed by atoms with Crippen LogP contribution in [0.15, 0.2) is 48.7 Å². The first-order chi connectivity index (χ1) is 11.7. The predicted molar refractivity (Wildman–Crippen MR) is 88.2 cm³/mol. The Morgan fingerprint density at radius 2 is 2.04 bits per heavy atom. The fraction of sp³-hybridized carbons (Fsp3) is 0.421. The molecule has 1 spiro atoms. The van der Waals surface area contributed by atoms with Crippen molar-refractivity contribution in [3.63, 3.8) is 0 Å². The minimum absolute atomic E-state index is 0.0398. The van der Waals surface area contributed by atoms with Gasteiger partial charge in [0.2, 0.25) is 0 Å². The van der Waals surface area contributed by atoms with Crippen molar-refractivity contribution in [1.82, 2.24) is 9.88 Å². The maximum Gasteiger partial charge on any atom is 0.250 e. The van der Waals surface area contributed by atoms with Crippen molar-refractivity contribution in [2.45, 2.75) is 31.1 Å². The van der Waals surface area contributed by atoms with E-state index in [1.807, 2.05) is 6.07 Å². The van der Waals surface area contributed by atoms with Gasteiger partial charge in [0.15, 0.2) is 5.82 Å². The number of benzene rings is 1. The van der Waals surface area contributed by atoms with Crippen LogP contribution in [-0.4, -0.2) is 41.3 Å².